The van der Waals surface area contributed by atoms with E-state index in [0.29, 0.717) is 12.2 Å². The van der Waals surface area contributed by atoms with Gasteiger partial charge in [0.1, 0.15) is 11.1 Å². The van der Waals surface area contributed by atoms with Crippen LogP contribution in [-0.4, -0.2) is 51.2 Å². The minimum absolute atomic E-state index is 0.0299. The van der Waals surface area contributed by atoms with Gasteiger partial charge in [0, 0.05) is 18.5 Å². The summed E-state index contributed by atoms with van der Waals surface area (Å²) >= 11 is 1.45. The highest BCUT2D eigenvalue weighted by molar-refractivity contribution is 7.09. The van der Waals surface area contributed by atoms with Gasteiger partial charge >= 0.3 is 5.97 Å². The molecule has 0 bridgehead atoms. The molecule has 1 saturated heterocycles. The maximum Gasteiger partial charge on any atom is 0.314 e. The Kier molecular flexibility index (Phi) is 5.92. The first-order valence-corrected chi connectivity index (χ1v) is 10.0. The van der Waals surface area contributed by atoms with Gasteiger partial charge in [-0.2, -0.15) is 0 Å². The van der Waals surface area contributed by atoms with Crippen LogP contribution in [0.1, 0.15) is 40.8 Å². The van der Waals surface area contributed by atoms with Gasteiger partial charge in [0.25, 0.3) is 5.91 Å². The third kappa shape index (κ3) is 4.04. The zero-order valence-corrected chi connectivity index (χ0v) is 16.1. The zero-order chi connectivity index (χ0) is 19.4. The molecule has 1 aromatic carbocycles. The number of aliphatic carboxylic acids is 1. The second-order valence-corrected chi connectivity index (χ2v) is 7.97. The first-order valence-electron chi connectivity index (χ1n) is 9.15. The standard InChI is InChI=1S/C20H24N2O4S/c1-2-6-17-21-15(12-27-17)18(24)22-10-9-16(23)20(13-22,19(25)26)11-14-7-4-3-5-8-14/h3-5,7-8,12,16,23H,2,6,9-11,13H2,1H3,(H,25,26)/t16-,20+/m0/s1. The molecule has 0 unspecified atom stereocenters. The van der Waals surface area contributed by atoms with Gasteiger partial charge in [0.05, 0.1) is 11.1 Å². The van der Waals surface area contributed by atoms with Gasteiger partial charge in [-0.3, -0.25) is 9.59 Å². The van der Waals surface area contributed by atoms with Crippen LogP contribution in [-0.2, 0) is 17.6 Å². The molecule has 0 aliphatic carbocycles. The number of amides is 1. The number of carboxylic acid groups (broad SMARTS) is 1. The third-order valence-electron chi connectivity index (χ3n) is 5.09. The molecule has 1 aliphatic rings. The van der Waals surface area contributed by atoms with Crippen molar-refractivity contribution in [2.24, 2.45) is 5.41 Å². The van der Waals surface area contributed by atoms with E-state index in [2.05, 4.69) is 11.9 Å². The highest BCUT2D eigenvalue weighted by atomic mass is 32.1. The van der Waals surface area contributed by atoms with E-state index in [4.69, 9.17) is 0 Å². The summed E-state index contributed by atoms with van der Waals surface area (Å²) in [6.07, 6.45) is 1.17. The van der Waals surface area contributed by atoms with Crippen LogP contribution in [0, 0.1) is 5.41 Å². The van der Waals surface area contributed by atoms with E-state index in [1.54, 1.807) is 5.38 Å². The number of aromatic nitrogens is 1. The van der Waals surface area contributed by atoms with Crippen molar-refractivity contribution < 1.29 is 19.8 Å². The quantitative estimate of drug-likeness (QED) is 0.794. The lowest BCUT2D eigenvalue weighted by atomic mass is 9.72. The molecule has 27 heavy (non-hydrogen) atoms. The zero-order valence-electron chi connectivity index (χ0n) is 15.3. The van der Waals surface area contributed by atoms with Crippen molar-refractivity contribution >= 4 is 23.2 Å². The Morgan fingerprint density at radius 3 is 2.74 bits per heavy atom. The van der Waals surface area contributed by atoms with E-state index >= 15 is 0 Å². The Morgan fingerprint density at radius 1 is 1.33 bits per heavy atom. The molecule has 2 N–H and O–H groups in total. The van der Waals surface area contributed by atoms with Gasteiger partial charge in [-0.25, -0.2) is 4.98 Å². The largest absolute Gasteiger partial charge is 0.481 e. The molecule has 1 aromatic heterocycles. The van der Waals surface area contributed by atoms with Crippen molar-refractivity contribution in [1.82, 2.24) is 9.88 Å². The molecule has 1 amide bonds. The number of benzene rings is 1. The second-order valence-electron chi connectivity index (χ2n) is 7.03. The van der Waals surface area contributed by atoms with E-state index in [-0.39, 0.29) is 25.3 Å². The SMILES string of the molecule is CCCc1nc(C(=O)N2CC[C@H](O)[C@](Cc3ccccc3)(C(=O)O)C2)cs1. The van der Waals surface area contributed by atoms with Crippen LogP contribution in [0.2, 0.25) is 0 Å². The van der Waals surface area contributed by atoms with Crippen molar-refractivity contribution in [3.8, 4) is 0 Å². The summed E-state index contributed by atoms with van der Waals surface area (Å²) in [5.74, 6) is -1.35. The molecule has 2 aromatic rings. The molecule has 2 atom stereocenters. The van der Waals surface area contributed by atoms with Crippen LogP contribution in [0.5, 0.6) is 0 Å². The molecule has 1 fully saturated rings. The number of hydrogen-bond donors (Lipinski definition) is 2. The Bertz CT molecular complexity index is 807. The maximum absolute atomic E-state index is 12.9. The molecule has 144 valence electrons. The van der Waals surface area contributed by atoms with Crippen molar-refractivity contribution in [1.29, 1.82) is 0 Å². The molecule has 0 spiro atoms. The predicted molar refractivity (Wildman–Crippen MR) is 103 cm³/mol. The summed E-state index contributed by atoms with van der Waals surface area (Å²) in [5.41, 5.74) is -0.233. The molecule has 0 saturated carbocycles. The molecule has 0 radical (unpaired) electrons. The number of rotatable bonds is 6. The van der Waals surface area contributed by atoms with Crippen molar-refractivity contribution in [3.05, 3.63) is 52.0 Å². The van der Waals surface area contributed by atoms with Gasteiger partial charge in [-0.15, -0.1) is 11.3 Å². The van der Waals surface area contributed by atoms with E-state index in [1.165, 1.54) is 16.2 Å². The highest BCUT2D eigenvalue weighted by Gasteiger charge is 2.50. The van der Waals surface area contributed by atoms with E-state index < -0.39 is 17.5 Å². The number of carboxylic acids is 1. The Balaban J connectivity index is 1.84. The summed E-state index contributed by atoms with van der Waals surface area (Å²) in [6, 6.07) is 9.23. The average Bonchev–Trinajstić information content (AvgIpc) is 3.12. The van der Waals surface area contributed by atoms with Crippen LogP contribution >= 0.6 is 11.3 Å². The van der Waals surface area contributed by atoms with Gasteiger partial charge in [0.2, 0.25) is 0 Å². The number of carbonyl (C=O) groups excluding carboxylic acids is 1. The van der Waals surface area contributed by atoms with Gasteiger partial charge in [0.15, 0.2) is 0 Å². The molecular formula is C20H24N2O4S. The monoisotopic (exact) mass is 388 g/mol. The van der Waals surface area contributed by atoms with Crippen LogP contribution in [0.3, 0.4) is 0 Å². The van der Waals surface area contributed by atoms with Crippen LogP contribution < -0.4 is 0 Å². The number of aliphatic hydroxyl groups excluding tert-OH is 1. The maximum atomic E-state index is 12.9. The summed E-state index contributed by atoms with van der Waals surface area (Å²) in [5, 5.41) is 23.2. The fourth-order valence-corrected chi connectivity index (χ4v) is 4.45. The van der Waals surface area contributed by atoms with Crippen molar-refractivity contribution in [2.45, 2.75) is 38.7 Å². The number of hydrogen-bond acceptors (Lipinski definition) is 5. The second kappa shape index (κ2) is 8.19. The van der Waals surface area contributed by atoms with E-state index in [1.807, 2.05) is 30.3 Å². The van der Waals surface area contributed by atoms with Gasteiger partial charge < -0.3 is 15.1 Å². The van der Waals surface area contributed by atoms with E-state index in [9.17, 15) is 19.8 Å². The number of nitrogens with zero attached hydrogens (tertiary/aromatic N) is 2. The molecule has 2 heterocycles. The van der Waals surface area contributed by atoms with Gasteiger partial charge in [-0.05, 0) is 31.2 Å². The lowest BCUT2D eigenvalue weighted by Crippen LogP contribution is -2.58. The Hall–Kier alpha value is -2.25. The minimum atomic E-state index is -1.42. The number of thiazole rings is 1. The number of aliphatic hydroxyl groups is 1. The molecular weight excluding hydrogens is 364 g/mol. The van der Waals surface area contributed by atoms with Crippen LogP contribution in [0.15, 0.2) is 35.7 Å². The highest BCUT2D eigenvalue weighted by Crippen LogP contribution is 2.35. The fraction of sp³-hybridized carbons (Fsp3) is 0.450. The molecule has 1 aliphatic heterocycles. The summed E-state index contributed by atoms with van der Waals surface area (Å²) < 4.78 is 0. The minimum Gasteiger partial charge on any atom is -0.481 e. The Labute approximate surface area is 162 Å². The number of aryl methyl sites for hydroxylation is 1. The van der Waals surface area contributed by atoms with E-state index in [0.717, 1.165) is 23.4 Å². The smallest absolute Gasteiger partial charge is 0.314 e. The average molecular weight is 388 g/mol. The first kappa shape index (κ1) is 19.5. The van der Waals surface area contributed by atoms with Crippen molar-refractivity contribution in [2.75, 3.05) is 13.1 Å². The molecule has 3 rings (SSSR count). The molecule has 7 heteroatoms. The Morgan fingerprint density at radius 2 is 2.07 bits per heavy atom. The third-order valence-corrected chi connectivity index (χ3v) is 6.00. The first-order chi connectivity index (χ1) is 13.0. The topological polar surface area (TPSA) is 90.7 Å². The fourth-order valence-electron chi connectivity index (χ4n) is 3.57. The lowest BCUT2D eigenvalue weighted by molar-refractivity contribution is -0.161. The van der Waals surface area contributed by atoms with Gasteiger partial charge in [-0.1, -0.05) is 37.3 Å². The number of piperidine rings is 1. The summed E-state index contributed by atoms with van der Waals surface area (Å²) in [6.45, 7) is 2.35. The number of carbonyl (C=O) groups is 2. The van der Waals surface area contributed by atoms with Crippen LogP contribution in [0.4, 0.5) is 0 Å². The summed E-state index contributed by atoms with van der Waals surface area (Å²) in [7, 11) is 0. The molecule has 6 nitrogen and oxygen atoms in total. The normalized spacial score (nSPS) is 22.6. The number of likely N-dealkylation sites (tertiary alicyclic amines) is 1. The van der Waals surface area contributed by atoms with Crippen molar-refractivity contribution in [3.63, 3.8) is 0 Å². The van der Waals surface area contributed by atoms with Crippen LogP contribution in [0.25, 0.3) is 0 Å². The lowest BCUT2D eigenvalue weighted by Gasteiger charge is -2.43. The summed E-state index contributed by atoms with van der Waals surface area (Å²) in [4.78, 5) is 31.0. The predicted octanol–water partition coefficient (Wildman–Crippen LogP) is 2.62.